The number of benzene rings is 1. The molecule has 1 unspecified atom stereocenters. The summed E-state index contributed by atoms with van der Waals surface area (Å²) in [6, 6.07) is 5.89. The van der Waals surface area contributed by atoms with Crippen LogP contribution in [0.25, 0.3) is 11.0 Å². The number of fused-ring (bicyclic) bond motifs is 1. The molecule has 1 saturated heterocycles. The topological polar surface area (TPSA) is 56.3 Å². The van der Waals surface area contributed by atoms with E-state index in [9.17, 15) is 0 Å². The number of hydrogen-bond donors (Lipinski definition) is 1. The van der Waals surface area contributed by atoms with E-state index in [0.29, 0.717) is 0 Å². The smallest absolute Gasteiger partial charge is 0.106 e. The first-order valence-electron chi connectivity index (χ1n) is 6.66. The van der Waals surface area contributed by atoms with Gasteiger partial charge in [0.1, 0.15) is 5.82 Å². The van der Waals surface area contributed by atoms with Crippen molar-refractivity contribution in [1.29, 1.82) is 0 Å². The summed E-state index contributed by atoms with van der Waals surface area (Å²) in [5.74, 6) is 1.01. The highest BCUT2D eigenvalue weighted by atomic mass is 16.5. The Morgan fingerprint density at radius 2 is 2.32 bits per heavy atom. The minimum atomic E-state index is 0.229. The lowest BCUT2D eigenvalue weighted by Gasteiger charge is -2.30. The van der Waals surface area contributed by atoms with Gasteiger partial charge in [-0.25, -0.2) is 4.98 Å². The van der Waals surface area contributed by atoms with Gasteiger partial charge in [-0.05, 0) is 32.2 Å². The SMILES string of the molecule is Cc1nc2cc(N)ccc2n1CC1CN(C)CCO1. The predicted octanol–water partition coefficient (Wildman–Crippen LogP) is 1.26. The van der Waals surface area contributed by atoms with Gasteiger partial charge in [0.25, 0.3) is 0 Å². The van der Waals surface area contributed by atoms with Crippen molar-refractivity contribution in [3.8, 4) is 0 Å². The molecular weight excluding hydrogens is 240 g/mol. The molecule has 1 atom stereocenters. The molecular formula is C14H20N4O. The van der Waals surface area contributed by atoms with Crippen LogP contribution in [0.4, 0.5) is 5.69 Å². The van der Waals surface area contributed by atoms with Gasteiger partial charge < -0.3 is 19.9 Å². The zero-order valence-corrected chi connectivity index (χ0v) is 11.5. The van der Waals surface area contributed by atoms with Crippen LogP contribution >= 0.6 is 0 Å². The maximum absolute atomic E-state index is 5.83. The van der Waals surface area contributed by atoms with Crippen LogP contribution in [0.15, 0.2) is 18.2 Å². The molecule has 0 aliphatic carbocycles. The number of hydrogen-bond acceptors (Lipinski definition) is 4. The molecule has 0 radical (unpaired) electrons. The van der Waals surface area contributed by atoms with Crippen molar-refractivity contribution in [2.45, 2.75) is 19.6 Å². The van der Waals surface area contributed by atoms with Gasteiger partial charge in [-0.1, -0.05) is 0 Å². The molecule has 0 amide bonds. The van der Waals surface area contributed by atoms with Crippen LogP contribution in [0.3, 0.4) is 0 Å². The largest absolute Gasteiger partial charge is 0.399 e. The minimum Gasteiger partial charge on any atom is -0.399 e. The third-order valence-corrected chi connectivity index (χ3v) is 3.69. The predicted molar refractivity (Wildman–Crippen MR) is 76.1 cm³/mol. The Bertz CT molecular complexity index is 592. The molecule has 1 aromatic heterocycles. The van der Waals surface area contributed by atoms with Crippen molar-refractivity contribution in [2.24, 2.45) is 0 Å². The standard InChI is InChI=1S/C14H20N4O/c1-10-16-13-7-11(15)3-4-14(13)18(10)9-12-8-17(2)5-6-19-12/h3-4,7,12H,5-6,8-9,15H2,1-2H3. The molecule has 2 aromatic rings. The molecule has 3 rings (SSSR count). The number of imidazole rings is 1. The Labute approximate surface area is 113 Å². The lowest BCUT2D eigenvalue weighted by molar-refractivity contribution is -0.0272. The van der Waals surface area contributed by atoms with Crippen LogP contribution in [0.2, 0.25) is 0 Å². The van der Waals surface area contributed by atoms with E-state index in [1.54, 1.807) is 0 Å². The number of ether oxygens (including phenoxy) is 1. The summed E-state index contributed by atoms with van der Waals surface area (Å²) in [7, 11) is 2.13. The summed E-state index contributed by atoms with van der Waals surface area (Å²) in [5.41, 5.74) is 8.65. The van der Waals surface area contributed by atoms with Gasteiger partial charge in [0.2, 0.25) is 0 Å². The highest BCUT2D eigenvalue weighted by molar-refractivity contribution is 5.79. The van der Waals surface area contributed by atoms with Crippen LogP contribution in [0.5, 0.6) is 0 Å². The summed E-state index contributed by atoms with van der Waals surface area (Å²) < 4.78 is 8.06. The Morgan fingerprint density at radius 3 is 3.11 bits per heavy atom. The Kier molecular flexibility index (Phi) is 3.16. The van der Waals surface area contributed by atoms with Crippen molar-refractivity contribution in [3.63, 3.8) is 0 Å². The van der Waals surface area contributed by atoms with Gasteiger partial charge in [0.05, 0.1) is 30.3 Å². The zero-order valence-electron chi connectivity index (χ0n) is 11.5. The fraction of sp³-hybridized carbons (Fsp3) is 0.500. The van der Waals surface area contributed by atoms with Crippen molar-refractivity contribution >= 4 is 16.7 Å². The molecule has 1 fully saturated rings. The van der Waals surface area contributed by atoms with Crippen molar-refractivity contribution < 1.29 is 4.74 Å². The molecule has 1 aliphatic heterocycles. The average Bonchev–Trinajstić information content (AvgIpc) is 2.65. The quantitative estimate of drug-likeness (QED) is 0.826. The number of nitrogen functional groups attached to an aromatic ring is 1. The minimum absolute atomic E-state index is 0.229. The molecule has 0 spiro atoms. The van der Waals surface area contributed by atoms with Gasteiger partial charge in [0.15, 0.2) is 0 Å². The first kappa shape index (κ1) is 12.4. The number of nitrogens with zero attached hydrogens (tertiary/aromatic N) is 3. The van der Waals surface area contributed by atoms with E-state index >= 15 is 0 Å². The van der Waals surface area contributed by atoms with Gasteiger partial charge in [0, 0.05) is 18.8 Å². The van der Waals surface area contributed by atoms with E-state index in [2.05, 4.69) is 21.5 Å². The maximum atomic E-state index is 5.83. The van der Waals surface area contributed by atoms with E-state index in [-0.39, 0.29) is 6.10 Å². The number of aryl methyl sites for hydroxylation is 1. The third-order valence-electron chi connectivity index (χ3n) is 3.69. The molecule has 19 heavy (non-hydrogen) atoms. The Balaban J connectivity index is 1.89. The third kappa shape index (κ3) is 2.43. The molecule has 2 heterocycles. The number of rotatable bonds is 2. The zero-order chi connectivity index (χ0) is 13.4. The van der Waals surface area contributed by atoms with E-state index in [4.69, 9.17) is 10.5 Å². The van der Waals surface area contributed by atoms with Gasteiger partial charge in [-0.3, -0.25) is 0 Å². The lowest BCUT2D eigenvalue weighted by Crippen LogP contribution is -2.42. The highest BCUT2D eigenvalue weighted by Crippen LogP contribution is 2.20. The molecule has 0 saturated carbocycles. The van der Waals surface area contributed by atoms with Crippen LogP contribution in [0, 0.1) is 6.92 Å². The highest BCUT2D eigenvalue weighted by Gasteiger charge is 2.20. The summed E-state index contributed by atoms with van der Waals surface area (Å²) in [6.07, 6.45) is 0.229. The first-order chi connectivity index (χ1) is 9.13. The average molecular weight is 260 g/mol. The summed E-state index contributed by atoms with van der Waals surface area (Å²) in [6.45, 7) is 5.66. The number of anilines is 1. The summed E-state index contributed by atoms with van der Waals surface area (Å²) in [5, 5.41) is 0. The fourth-order valence-electron chi connectivity index (χ4n) is 2.68. The van der Waals surface area contributed by atoms with Crippen molar-refractivity contribution in [3.05, 3.63) is 24.0 Å². The normalized spacial score (nSPS) is 21.1. The number of aromatic nitrogens is 2. The van der Waals surface area contributed by atoms with Gasteiger partial charge in [-0.15, -0.1) is 0 Å². The molecule has 5 nitrogen and oxygen atoms in total. The second kappa shape index (κ2) is 4.83. The number of morpholine rings is 1. The molecule has 1 aromatic carbocycles. The Morgan fingerprint density at radius 1 is 1.47 bits per heavy atom. The number of nitrogens with two attached hydrogens (primary N) is 1. The van der Waals surface area contributed by atoms with Gasteiger partial charge >= 0.3 is 0 Å². The van der Waals surface area contributed by atoms with E-state index < -0.39 is 0 Å². The second-order valence-corrected chi connectivity index (χ2v) is 5.27. The first-order valence-corrected chi connectivity index (χ1v) is 6.66. The van der Waals surface area contributed by atoms with Crippen LogP contribution in [-0.4, -0.2) is 47.3 Å². The van der Waals surface area contributed by atoms with Crippen molar-refractivity contribution in [2.75, 3.05) is 32.5 Å². The Hall–Kier alpha value is -1.59. The second-order valence-electron chi connectivity index (χ2n) is 5.27. The summed E-state index contributed by atoms with van der Waals surface area (Å²) >= 11 is 0. The van der Waals surface area contributed by atoms with Crippen LogP contribution in [-0.2, 0) is 11.3 Å². The molecule has 5 heteroatoms. The van der Waals surface area contributed by atoms with Gasteiger partial charge in [-0.2, -0.15) is 0 Å². The van der Waals surface area contributed by atoms with E-state index in [0.717, 1.165) is 48.8 Å². The van der Waals surface area contributed by atoms with Crippen LogP contribution in [0.1, 0.15) is 5.82 Å². The molecule has 1 aliphatic rings. The van der Waals surface area contributed by atoms with E-state index in [1.807, 2.05) is 25.1 Å². The lowest BCUT2D eigenvalue weighted by atomic mass is 10.2. The maximum Gasteiger partial charge on any atom is 0.106 e. The monoisotopic (exact) mass is 260 g/mol. The summed E-state index contributed by atoms with van der Waals surface area (Å²) in [4.78, 5) is 6.88. The fourth-order valence-corrected chi connectivity index (χ4v) is 2.68. The molecule has 2 N–H and O–H groups in total. The van der Waals surface area contributed by atoms with Crippen LogP contribution < -0.4 is 5.73 Å². The molecule has 102 valence electrons. The number of likely N-dealkylation sites (N-methyl/N-ethyl adjacent to an activating group) is 1. The molecule has 0 bridgehead atoms. The van der Waals surface area contributed by atoms with Crippen molar-refractivity contribution in [1.82, 2.24) is 14.5 Å². The van der Waals surface area contributed by atoms with E-state index in [1.165, 1.54) is 0 Å².